The highest BCUT2D eigenvalue weighted by Gasteiger charge is 2.50. The molecule has 2 N–H and O–H groups in total. The van der Waals surface area contributed by atoms with Gasteiger partial charge in [-0.05, 0) is 42.8 Å². The molecule has 0 bridgehead atoms. The van der Waals surface area contributed by atoms with Gasteiger partial charge in [0.2, 0.25) is 0 Å². The minimum atomic E-state index is -0.975. The maximum Gasteiger partial charge on any atom is 0.321 e. The summed E-state index contributed by atoms with van der Waals surface area (Å²) in [6.45, 7) is 1.29. The lowest BCUT2D eigenvalue weighted by Crippen LogP contribution is -2.61. The molecule has 1 spiro atoms. The first-order valence-electron chi connectivity index (χ1n) is 9.02. The minimum Gasteiger partial charge on any atom is -0.497 e. The monoisotopic (exact) mass is 405 g/mol. The first-order valence-corrected chi connectivity index (χ1v) is 10.0. The molecule has 0 aliphatic carbocycles. The maximum atomic E-state index is 13.3. The summed E-state index contributed by atoms with van der Waals surface area (Å²) in [7, 11) is 1.64. The van der Waals surface area contributed by atoms with Crippen LogP contribution in [0.5, 0.6) is 5.75 Å². The summed E-state index contributed by atoms with van der Waals surface area (Å²) >= 11 is 1.88. The molecule has 2 aromatic carbocycles. The topological polar surface area (TPSA) is 53.6 Å². The fraction of sp³-hybridized carbons (Fsp3) is 0.350. The number of benzene rings is 2. The number of hydrogen-bond donors (Lipinski definition) is 2. The summed E-state index contributed by atoms with van der Waals surface area (Å²) in [6.07, 6.45) is 0.971. The first kappa shape index (κ1) is 18.9. The van der Waals surface area contributed by atoms with Crippen LogP contribution in [0, 0.1) is 11.6 Å². The number of nitrogens with one attached hydrogen (secondary N) is 2. The summed E-state index contributed by atoms with van der Waals surface area (Å²) in [6, 6.07) is 11.2. The molecule has 0 radical (unpaired) electrons. The van der Waals surface area contributed by atoms with Crippen molar-refractivity contribution in [2.45, 2.75) is 17.2 Å². The molecule has 1 unspecified atom stereocenters. The number of likely N-dealkylation sites (tertiary alicyclic amines) is 1. The second-order valence-electron chi connectivity index (χ2n) is 7.18. The van der Waals surface area contributed by atoms with E-state index in [0.29, 0.717) is 19.1 Å². The fourth-order valence-corrected chi connectivity index (χ4v) is 5.22. The maximum absolute atomic E-state index is 13.3. The second kappa shape index (κ2) is 7.50. The molecule has 2 aliphatic heterocycles. The summed E-state index contributed by atoms with van der Waals surface area (Å²) in [5.41, 5.74) is 1.30. The van der Waals surface area contributed by atoms with Crippen molar-refractivity contribution >= 4 is 29.2 Å². The number of halogens is 2. The molecule has 2 amide bonds. The van der Waals surface area contributed by atoms with E-state index in [4.69, 9.17) is 4.74 Å². The highest BCUT2D eigenvalue weighted by molar-refractivity contribution is 8.01. The second-order valence-corrected chi connectivity index (χ2v) is 8.67. The zero-order chi connectivity index (χ0) is 19.7. The van der Waals surface area contributed by atoms with Gasteiger partial charge in [-0.25, -0.2) is 13.6 Å². The molecule has 5 nitrogen and oxygen atoms in total. The van der Waals surface area contributed by atoms with Crippen LogP contribution < -0.4 is 15.4 Å². The van der Waals surface area contributed by atoms with Crippen LogP contribution in [-0.4, -0.2) is 47.7 Å². The highest BCUT2D eigenvalue weighted by Crippen LogP contribution is 2.46. The predicted octanol–water partition coefficient (Wildman–Crippen LogP) is 4.18. The Hall–Kier alpha value is -2.48. The Morgan fingerprint density at radius 3 is 2.54 bits per heavy atom. The Morgan fingerprint density at radius 2 is 1.86 bits per heavy atom. The summed E-state index contributed by atoms with van der Waals surface area (Å²) in [4.78, 5) is 14.0. The number of hydrogen-bond acceptors (Lipinski definition) is 4. The first-order chi connectivity index (χ1) is 13.5. The van der Waals surface area contributed by atoms with Gasteiger partial charge in [0.1, 0.15) is 5.75 Å². The van der Waals surface area contributed by atoms with E-state index in [9.17, 15) is 13.6 Å². The van der Waals surface area contributed by atoms with E-state index < -0.39 is 11.6 Å². The van der Waals surface area contributed by atoms with Crippen LogP contribution in [0.2, 0.25) is 0 Å². The fourth-order valence-electron chi connectivity index (χ4n) is 3.65. The van der Waals surface area contributed by atoms with E-state index in [1.54, 1.807) is 12.0 Å². The van der Waals surface area contributed by atoms with Crippen molar-refractivity contribution in [2.75, 3.05) is 36.6 Å². The van der Waals surface area contributed by atoms with Crippen molar-refractivity contribution < 1.29 is 18.3 Å². The zero-order valence-electron chi connectivity index (χ0n) is 15.4. The number of methoxy groups -OCH3 is 1. The van der Waals surface area contributed by atoms with Crippen molar-refractivity contribution in [3.63, 3.8) is 0 Å². The van der Waals surface area contributed by atoms with Gasteiger partial charge in [0.05, 0.1) is 11.9 Å². The van der Waals surface area contributed by atoms with Gasteiger partial charge in [-0.15, -0.1) is 11.8 Å². The molecule has 1 atom stereocenters. The Labute approximate surface area is 166 Å². The van der Waals surface area contributed by atoms with Gasteiger partial charge in [0.15, 0.2) is 11.6 Å². The van der Waals surface area contributed by atoms with Crippen LogP contribution in [0.3, 0.4) is 0 Å². The average molecular weight is 405 g/mol. The normalized spacial score (nSPS) is 20.0. The van der Waals surface area contributed by atoms with Crippen LogP contribution in [0.1, 0.15) is 6.42 Å². The molecule has 148 valence electrons. The molecule has 4 rings (SSSR count). The summed E-state index contributed by atoms with van der Waals surface area (Å²) < 4.78 is 31.5. The smallest absolute Gasteiger partial charge is 0.321 e. The highest BCUT2D eigenvalue weighted by atomic mass is 32.2. The molecule has 8 heteroatoms. The average Bonchev–Trinajstić information content (AvgIpc) is 3.08. The van der Waals surface area contributed by atoms with Gasteiger partial charge < -0.3 is 20.3 Å². The van der Waals surface area contributed by atoms with Crippen LogP contribution in [0.4, 0.5) is 25.0 Å². The Bertz CT molecular complexity index is 872. The van der Waals surface area contributed by atoms with E-state index in [-0.39, 0.29) is 16.5 Å². The number of ether oxygens (including phenoxy) is 1. The SMILES string of the molecule is COc1ccc(NC2CSC3(C2)CN(C(=O)Nc2ccc(F)c(F)c2)C3)cc1. The molecule has 28 heavy (non-hydrogen) atoms. The Balaban J connectivity index is 1.28. The van der Waals surface area contributed by atoms with Gasteiger partial charge in [-0.1, -0.05) is 0 Å². The van der Waals surface area contributed by atoms with E-state index in [1.165, 1.54) is 6.07 Å². The van der Waals surface area contributed by atoms with E-state index in [1.807, 2.05) is 36.0 Å². The summed E-state index contributed by atoms with van der Waals surface area (Å²) in [5.74, 6) is -0.107. The van der Waals surface area contributed by atoms with E-state index in [0.717, 1.165) is 35.7 Å². The number of urea groups is 1. The number of amides is 2. The van der Waals surface area contributed by atoms with Gasteiger partial charge in [-0.2, -0.15) is 0 Å². The molecule has 2 aromatic rings. The third-order valence-electron chi connectivity index (χ3n) is 5.09. The van der Waals surface area contributed by atoms with Gasteiger partial charge in [-0.3, -0.25) is 0 Å². The molecule has 2 fully saturated rings. The predicted molar refractivity (Wildman–Crippen MR) is 107 cm³/mol. The quantitative estimate of drug-likeness (QED) is 0.802. The molecule has 0 aromatic heterocycles. The minimum absolute atomic E-state index is 0.0650. The van der Waals surface area contributed by atoms with Gasteiger partial charge in [0, 0.05) is 42.3 Å². The number of anilines is 2. The molecule has 2 saturated heterocycles. The third-order valence-corrected chi connectivity index (χ3v) is 6.69. The molecular weight excluding hydrogens is 384 g/mol. The number of rotatable bonds is 4. The van der Waals surface area contributed by atoms with Gasteiger partial charge in [0.25, 0.3) is 0 Å². The molecule has 0 saturated carbocycles. The van der Waals surface area contributed by atoms with Crippen molar-refractivity contribution in [3.8, 4) is 5.75 Å². The van der Waals surface area contributed by atoms with Crippen LogP contribution in [0.25, 0.3) is 0 Å². The van der Waals surface area contributed by atoms with Crippen LogP contribution >= 0.6 is 11.8 Å². The lowest BCUT2D eigenvalue weighted by Gasteiger charge is -2.47. The zero-order valence-corrected chi connectivity index (χ0v) is 16.2. The number of nitrogens with zero attached hydrogens (tertiary/aromatic N) is 1. The van der Waals surface area contributed by atoms with Crippen molar-refractivity contribution in [1.82, 2.24) is 4.90 Å². The van der Waals surface area contributed by atoms with Crippen LogP contribution in [-0.2, 0) is 0 Å². The molecular formula is C20H21F2N3O2S. The van der Waals surface area contributed by atoms with Gasteiger partial charge >= 0.3 is 6.03 Å². The van der Waals surface area contributed by atoms with E-state index >= 15 is 0 Å². The van der Waals surface area contributed by atoms with E-state index in [2.05, 4.69) is 10.6 Å². The standard InChI is InChI=1S/C20H21F2N3O2S/c1-27-16-5-2-13(3-6-16)23-15-9-20(28-10-15)11-25(12-20)19(26)24-14-4-7-17(21)18(22)8-14/h2-8,15,23H,9-12H2,1H3,(H,24,26). The lowest BCUT2D eigenvalue weighted by molar-refractivity contribution is 0.147. The number of carbonyl (C=O) groups excluding carboxylic acids is 1. The lowest BCUT2D eigenvalue weighted by atomic mass is 9.92. The molecule has 2 heterocycles. The van der Waals surface area contributed by atoms with Crippen molar-refractivity contribution in [2.24, 2.45) is 0 Å². The van der Waals surface area contributed by atoms with Crippen molar-refractivity contribution in [1.29, 1.82) is 0 Å². The third kappa shape index (κ3) is 3.87. The Kier molecular flexibility index (Phi) is 5.05. The summed E-state index contributed by atoms with van der Waals surface area (Å²) in [5, 5.41) is 6.16. The largest absolute Gasteiger partial charge is 0.497 e. The number of thioether (sulfide) groups is 1. The van der Waals surface area contributed by atoms with Crippen molar-refractivity contribution in [3.05, 3.63) is 54.1 Å². The van der Waals surface area contributed by atoms with Crippen LogP contribution in [0.15, 0.2) is 42.5 Å². The number of carbonyl (C=O) groups is 1. The molecule has 2 aliphatic rings. The Morgan fingerprint density at radius 1 is 1.14 bits per heavy atom.